The summed E-state index contributed by atoms with van der Waals surface area (Å²) in [5.74, 6) is 4.26. The lowest BCUT2D eigenvalue weighted by Crippen LogP contribution is -2.44. The molecule has 1 aliphatic heterocycles. The van der Waals surface area contributed by atoms with E-state index in [0.717, 1.165) is 30.7 Å². The fourth-order valence-electron chi connectivity index (χ4n) is 3.36. The highest BCUT2D eigenvalue weighted by atomic mass is 16.5. The second kappa shape index (κ2) is 5.61. The summed E-state index contributed by atoms with van der Waals surface area (Å²) < 4.78 is 5.52. The van der Waals surface area contributed by atoms with Gasteiger partial charge in [0, 0.05) is 11.8 Å². The van der Waals surface area contributed by atoms with Crippen LogP contribution in [0.3, 0.4) is 0 Å². The van der Waals surface area contributed by atoms with Crippen LogP contribution in [0.5, 0.6) is 0 Å². The SMILES string of the molecule is CCC1CCCC(c2noc(C(C)C3CNC3)n2)C1. The average molecular weight is 263 g/mol. The van der Waals surface area contributed by atoms with Crippen molar-refractivity contribution in [2.75, 3.05) is 13.1 Å². The maximum absolute atomic E-state index is 5.52. The number of aromatic nitrogens is 2. The van der Waals surface area contributed by atoms with E-state index in [4.69, 9.17) is 9.51 Å². The molecule has 1 aromatic rings. The lowest BCUT2D eigenvalue weighted by molar-refractivity contribution is 0.250. The Hall–Kier alpha value is -0.900. The second-order valence-electron chi connectivity index (χ2n) is 6.34. The molecule has 3 unspecified atom stereocenters. The molecule has 1 aromatic heterocycles. The van der Waals surface area contributed by atoms with Crippen molar-refractivity contribution in [3.05, 3.63) is 11.7 Å². The summed E-state index contributed by atoms with van der Waals surface area (Å²) in [5, 5.41) is 7.57. The van der Waals surface area contributed by atoms with E-state index >= 15 is 0 Å². The van der Waals surface area contributed by atoms with E-state index in [-0.39, 0.29) is 0 Å². The normalized spacial score (nSPS) is 30.0. The Kier molecular flexibility index (Phi) is 3.87. The fraction of sp³-hybridized carbons (Fsp3) is 0.867. The van der Waals surface area contributed by atoms with Crippen molar-refractivity contribution in [1.29, 1.82) is 0 Å². The molecule has 4 heteroatoms. The molecule has 19 heavy (non-hydrogen) atoms. The van der Waals surface area contributed by atoms with Gasteiger partial charge < -0.3 is 9.84 Å². The summed E-state index contributed by atoms with van der Waals surface area (Å²) >= 11 is 0. The smallest absolute Gasteiger partial charge is 0.229 e. The molecule has 2 aliphatic rings. The zero-order valence-corrected chi connectivity index (χ0v) is 12.1. The Morgan fingerprint density at radius 3 is 2.89 bits per heavy atom. The van der Waals surface area contributed by atoms with Gasteiger partial charge in [-0.3, -0.25) is 0 Å². The minimum atomic E-state index is 0.396. The van der Waals surface area contributed by atoms with E-state index in [1.807, 2.05) is 0 Å². The number of nitrogens with zero attached hydrogens (tertiary/aromatic N) is 2. The van der Waals surface area contributed by atoms with Crippen molar-refractivity contribution < 1.29 is 4.52 Å². The maximum Gasteiger partial charge on any atom is 0.229 e. The third kappa shape index (κ3) is 2.69. The first-order valence-electron chi connectivity index (χ1n) is 7.82. The molecule has 106 valence electrons. The third-order valence-corrected chi connectivity index (χ3v) is 5.09. The van der Waals surface area contributed by atoms with Crippen LogP contribution >= 0.6 is 0 Å². The molecule has 2 heterocycles. The maximum atomic E-state index is 5.52. The first-order valence-corrected chi connectivity index (χ1v) is 7.82. The van der Waals surface area contributed by atoms with Crippen LogP contribution in [0.25, 0.3) is 0 Å². The molecule has 3 atom stereocenters. The first kappa shape index (κ1) is 13.1. The fourth-order valence-corrected chi connectivity index (χ4v) is 3.36. The molecule has 1 N–H and O–H groups in total. The predicted molar refractivity (Wildman–Crippen MR) is 74.1 cm³/mol. The van der Waals surface area contributed by atoms with Gasteiger partial charge in [-0.05, 0) is 37.8 Å². The van der Waals surface area contributed by atoms with E-state index < -0.39 is 0 Å². The molecule has 1 saturated carbocycles. The zero-order valence-electron chi connectivity index (χ0n) is 12.1. The van der Waals surface area contributed by atoms with Gasteiger partial charge in [-0.1, -0.05) is 38.3 Å². The van der Waals surface area contributed by atoms with Crippen LogP contribution in [-0.4, -0.2) is 23.2 Å². The van der Waals surface area contributed by atoms with Crippen LogP contribution in [0.2, 0.25) is 0 Å². The molecule has 3 rings (SSSR count). The van der Waals surface area contributed by atoms with E-state index in [0.29, 0.717) is 17.8 Å². The first-order chi connectivity index (χ1) is 9.28. The van der Waals surface area contributed by atoms with Gasteiger partial charge in [0.25, 0.3) is 0 Å². The van der Waals surface area contributed by atoms with Crippen molar-refractivity contribution in [3.8, 4) is 0 Å². The summed E-state index contributed by atoms with van der Waals surface area (Å²) in [5.41, 5.74) is 0. The lowest BCUT2D eigenvalue weighted by atomic mass is 9.80. The highest BCUT2D eigenvalue weighted by Crippen LogP contribution is 2.37. The second-order valence-corrected chi connectivity index (χ2v) is 6.34. The number of hydrogen-bond acceptors (Lipinski definition) is 4. The quantitative estimate of drug-likeness (QED) is 0.907. The average Bonchev–Trinajstić information content (AvgIpc) is 2.86. The predicted octanol–water partition coefficient (Wildman–Crippen LogP) is 3.08. The molecular formula is C15H25N3O. The van der Waals surface area contributed by atoms with E-state index in [9.17, 15) is 0 Å². The van der Waals surface area contributed by atoms with Crippen molar-refractivity contribution >= 4 is 0 Å². The van der Waals surface area contributed by atoms with E-state index in [1.54, 1.807) is 0 Å². The molecule has 0 spiro atoms. The van der Waals surface area contributed by atoms with Crippen LogP contribution in [-0.2, 0) is 0 Å². The lowest BCUT2D eigenvalue weighted by Gasteiger charge is -2.30. The summed E-state index contributed by atoms with van der Waals surface area (Å²) in [6.45, 7) is 6.67. The van der Waals surface area contributed by atoms with Gasteiger partial charge in [-0.25, -0.2) is 0 Å². The van der Waals surface area contributed by atoms with Gasteiger partial charge >= 0.3 is 0 Å². The molecule has 0 bridgehead atoms. The van der Waals surface area contributed by atoms with Crippen molar-refractivity contribution in [2.24, 2.45) is 11.8 Å². The zero-order chi connectivity index (χ0) is 13.2. The Morgan fingerprint density at radius 2 is 2.21 bits per heavy atom. The number of nitrogens with one attached hydrogen (secondary N) is 1. The summed E-state index contributed by atoms with van der Waals surface area (Å²) in [4.78, 5) is 4.70. The summed E-state index contributed by atoms with van der Waals surface area (Å²) in [6.07, 6.45) is 6.45. The van der Waals surface area contributed by atoms with Gasteiger partial charge in [0.05, 0.1) is 0 Å². The highest BCUT2D eigenvalue weighted by molar-refractivity contribution is 5.03. The molecule has 0 aromatic carbocycles. The Morgan fingerprint density at radius 1 is 1.37 bits per heavy atom. The molecule has 1 saturated heterocycles. The molecule has 0 amide bonds. The van der Waals surface area contributed by atoms with Crippen LogP contribution in [0.1, 0.15) is 69.5 Å². The van der Waals surface area contributed by atoms with Crippen molar-refractivity contribution in [2.45, 2.75) is 57.8 Å². The van der Waals surface area contributed by atoms with Crippen molar-refractivity contribution in [1.82, 2.24) is 15.5 Å². The van der Waals surface area contributed by atoms with Crippen LogP contribution < -0.4 is 5.32 Å². The van der Waals surface area contributed by atoms with E-state index in [2.05, 4.69) is 24.3 Å². The molecule has 0 radical (unpaired) electrons. The monoisotopic (exact) mass is 263 g/mol. The van der Waals surface area contributed by atoms with Gasteiger partial charge in [0.1, 0.15) is 0 Å². The highest BCUT2D eigenvalue weighted by Gasteiger charge is 2.31. The van der Waals surface area contributed by atoms with Crippen molar-refractivity contribution in [3.63, 3.8) is 0 Å². The third-order valence-electron chi connectivity index (χ3n) is 5.09. The van der Waals surface area contributed by atoms with Gasteiger partial charge in [-0.15, -0.1) is 0 Å². The van der Waals surface area contributed by atoms with Gasteiger partial charge in [-0.2, -0.15) is 4.98 Å². The topological polar surface area (TPSA) is 51.0 Å². The number of hydrogen-bond donors (Lipinski definition) is 1. The summed E-state index contributed by atoms with van der Waals surface area (Å²) in [6, 6.07) is 0. The molecule has 1 aliphatic carbocycles. The Balaban J connectivity index is 1.66. The summed E-state index contributed by atoms with van der Waals surface area (Å²) in [7, 11) is 0. The van der Waals surface area contributed by atoms with Crippen LogP contribution in [0.15, 0.2) is 4.52 Å². The van der Waals surface area contributed by atoms with E-state index in [1.165, 1.54) is 32.1 Å². The standard InChI is InChI=1S/C15H25N3O/c1-3-11-5-4-6-12(7-11)14-17-15(19-18-14)10(2)13-8-16-9-13/h10-13,16H,3-9H2,1-2H3. The largest absolute Gasteiger partial charge is 0.339 e. The van der Waals surface area contributed by atoms with Crippen LogP contribution in [0, 0.1) is 11.8 Å². The van der Waals surface area contributed by atoms with Crippen LogP contribution in [0.4, 0.5) is 0 Å². The van der Waals surface area contributed by atoms with Gasteiger partial charge in [0.15, 0.2) is 5.82 Å². The minimum Gasteiger partial charge on any atom is -0.339 e. The number of rotatable bonds is 4. The molecule has 2 fully saturated rings. The molecule has 4 nitrogen and oxygen atoms in total. The molecular weight excluding hydrogens is 238 g/mol. The Labute approximate surface area is 115 Å². The minimum absolute atomic E-state index is 0.396. The Bertz CT molecular complexity index is 413. The van der Waals surface area contributed by atoms with Gasteiger partial charge in [0.2, 0.25) is 5.89 Å².